The summed E-state index contributed by atoms with van der Waals surface area (Å²) in [5, 5.41) is 1.97. The Bertz CT molecular complexity index is 788. The molecule has 0 aliphatic heterocycles. The summed E-state index contributed by atoms with van der Waals surface area (Å²) in [5.74, 6) is 0. The van der Waals surface area contributed by atoms with Crippen molar-refractivity contribution in [2.45, 2.75) is 6.92 Å². The Morgan fingerprint density at radius 2 is 1.94 bits per heavy atom. The zero-order valence-electron chi connectivity index (χ0n) is 9.68. The standard InChI is InChI=1S/C14H10ClNSSe/c1-9-8-10(15)6-7-12(9)16-14(17)11-4-2-3-5-13(11)18-16/h2-8H,1H3. The molecular formula is C14H10ClNSSe. The summed E-state index contributed by atoms with van der Waals surface area (Å²) in [4.78, 5) is 0. The Kier molecular flexibility index (Phi) is 3.16. The first-order chi connectivity index (χ1) is 8.66. The first kappa shape index (κ1) is 12.2. The number of hydrogen-bond donors (Lipinski definition) is 0. The van der Waals surface area contributed by atoms with Crippen LogP contribution in [0, 0.1) is 11.6 Å². The molecule has 0 aliphatic rings. The predicted octanol–water partition coefficient (Wildman–Crippen LogP) is 4.38. The Morgan fingerprint density at radius 1 is 1.17 bits per heavy atom. The summed E-state index contributed by atoms with van der Waals surface area (Å²) >= 11 is 11.8. The second-order valence-electron chi connectivity index (χ2n) is 4.12. The summed E-state index contributed by atoms with van der Waals surface area (Å²) in [5.41, 5.74) is 2.33. The molecule has 0 amide bonds. The minimum atomic E-state index is 0.228. The molecular weight excluding hydrogens is 329 g/mol. The molecule has 0 saturated heterocycles. The Morgan fingerprint density at radius 3 is 2.67 bits per heavy atom. The Balaban J connectivity index is 2.32. The van der Waals surface area contributed by atoms with Crippen molar-refractivity contribution in [2.75, 3.05) is 0 Å². The van der Waals surface area contributed by atoms with E-state index in [2.05, 4.69) is 34.8 Å². The summed E-state index contributed by atoms with van der Waals surface area (Å²) in [6, 6.07) is 14.3. The SMILES string of the molecule is Cc1cc(Cl)ccc1-n1[se]c2ccccc2c1=S. The zero-order valence-corrected chi connectivity index (χ0v) is 13.0. The van der Waals surface area contributed by atoms with E-state index >= 15 is 0 Å². The number of aromatic nitrogens is 1. The molecule has 90 valence electrons. The molecule has 0 fully saturated rings. The predicted molar refractivity (Wildman–Crippen MR) is 80.8 cm³/mol. The zero-order chi connectivity index (χ0) is 12.7. The molecule has 3 rings (SSSR count). The van der Waals surface area contributed by atoms with Gasteiger partial charge in [-0.1, -0.05) is 0 Å². The van der Waals surface area contributed by atoms with Crippen LogP contribution in [0.15, 0.2) is 42.5 Å². The van der Waals surface area contributed by atoms with E-state index in [0.717, 1.165) is 9.66 Å². The van der Waals surface area contributed by atoms with E-state index in [1.165, 1.54) is 20.9 Å². The van der Waals surface area contributed by atoms with Gasteiger partial charge < -0.3 is 0 Å². The van der Waals surface area contributed by atoms with Crippen LogP contribution in [0.5, 0.6) is 0 Å². The van der Waals surface area contributed by atoms with Gasteiger partial charge in [0.1, 0.15) is 0 Å². The van der Waals surface area contributed by atoms with Crippen LogP contribution in [-0.2, 0) is 0 Å². The van der Waals surface area contributed by atoms with Crippen molar-refractivity contribution in [3.8, 4) is 5.69 Å². The summed E-state index contributed by atoms with van der Waals surface area (Å²) < 4.78 is 4.51. The van der Waals surface area contributed by atoms with Crippen LogP contribution in [-0.4, -0.2) is 18.3 Å². The minimum absolute atomic E-state index is 0.228. The number of hydrogen-bond acceptors (Lipinski definition) is 1. The van der Waals surface area contributed by atoms with Gasteiger partial charge in [0, 0.05) is 0 Å². The second-order valence-corrected chi connectivity index (χ2v) is 7.01. The van der Waals surface area contributed by atoms with Gasteiger partial charge in [-0.2, -0.15) is 0 Å². The molecule has 0 spiro atoms. The molecule has 3 aromatic rings. The molecule has 1 nitrogen and oxygen atoms in total. The number of nitrogens with zero attached hydrogens (tertiary/aromatic N) is 1. The van der Waals surface area contributed by atoms with E-state index < -0.39 is 0 Å². The average Bonchev–Trinajstić information content (AvgIpc) is 2.68. The molecule has 2 aromatic carbocycles. The number of rotatable bonds is 1. The van der Waals surface area contributed by atoms with Crippen molar-refractivity contribution in [3.63, 3.8) is 0 Å². The van der Waals surface area contributed by atoms with Crippen molar-refractivity contribution in [1.29, 1.82) is 0 Å². The van der Waals surface area contributed by atoms with Crippen molar-refractivity contribution >= 4 is 48.2 Å². The Hall–Kier alpha value is -0.861. The fraction of sp³-hybridized carbons (Fsp3) is 0.0714. The first-order valence-corrected chi connectivity index (χ1v) is 7.95. The van der Waals surface area contributed by atoms with Gasteiger partial charge in [0.05, 0.1) is 0 Å². The maximum atomic E-state index is 6.00. The van der Waals surface area contributed by atoms with Gasteiger partial charge in [0.15, 0.2) is 0 Å². The maximum absolute atomic E-state index is 6.00. The summed E-state index contributed by atoms with van der Waals surface area (Å²) in [7, 11) is 0. The summed E-state index contributed by atoms with van der Waals surface area (Å²) in [6.45, 7) is 2.07. The molecule has 0 unspecified atom stereocenters. The van der Waals surface area contributed by atoms with Crippen molar-refractivity contribution in [2.24, 2.45) is 0 Å². The third-order valence-corrected chi connectivity index (χ3v) is 6.11. The van der Waals surface area contributed by atoms with E-state index in [9.17, 15) is 0 Å². The fourth-order valence-corrected chi connectivity index (χ4v) is 5.09. The molecule has 0 saturated carbocycles. The van der Waals surface area contributed by atoms with E-state index in [-0.39, 0.29) is 14.7 Å². The molecule has 0 radical (unpaired) electrons. The molecule has 1 heterocycles. The number of fused-ring (bicyclic) bond motifs is 1. The topological polar surface area (TPSA) is 4.93 Å². The molecule has 1 aromatic heterocycles. The molecule has 4 heteroatoms. The van der Waals surface area contributed by atoms with E-state index in [1.807, 2.05) is 18.2 Å². The number of benzene rings is 2. The van der Waals surface area contributed by atoms with Gasteiger partial charge in [-0.15, -0.1) is 0 Å². The molecule has 0 atom stereocenters. The first-order valence-electron chi connectivity index (χ1n) is 5.54. The van der Waals surface area contributed by atoms with Gasteiger partial charge >= 0.3 is 122 Å². The van der Waals surface area contributed by atoms with E-state index in [4.69, 9.17) is 23.8 Å². The molecule has 0 N–H and O–H groups in total. The van der Waals surface area contributed by atoms with Crippen LogP contribution in [0.25, 0.3) is 15.3 Å². The summed E-state index contributed by atoms with van der Waals surface area (Å²) in [6.07, 6.45) is 0. The Labute approximate surface area is 122 Å². The number of aryl methyl sites for hydroxylation is 1. The van der Waals surface area contributed by atoms with Crippen LogP contribution in [0.4, 0.5) is 0 Å². The van der Waals surface area contributed by atoms with Gasteiger partial charge in [-0.25, -0.2) is 0 Å². The number of halogens is 1. The van der Waals surface area contributed by atoms with Gasteiger partial charge in [-0.05, 0) is 0 Å². The third kappa shape index (κ3) is 1.98. The van der Waals surface area contributed by atoms with Crippen molar-refractivity contribution < 1.29 is 0 Å². The van der Waals surface area contributed by atoms with Gasteiger partial charge in [0.2, 0.25) is 0 Å². The van der Waals surface area contributed by atoms with Crippen LogP contribution in [0.2, 0.25) is 5.02 Å². The fourth-order valence-electron chi connectivity index (χ4n) is 1.98. The van der Waals surface area contributed by atoms with Crippen LogP contribution in [0.3, 0.4) is 0 Å². The van der Waals surface area contributed by atoms with E-state index in [1.54, 1.807) is 0 Å². The van der Waals surface area contributed by atoms with Crippen molar-refractivity contribution in [3.05, 3.63) is 57.7 Å². The van der Waals surface area contributed by atoms with Gasteiger partial charge in [-0.3, -0.25) is 0 Å². The van der Waals surface area contributed by atoms with Gasteiger partial charge in [0.25, 0.3) is 0 Å². The van der Waals surface area contributed by atoms with E-state index in [0.29, 0.717) is 0 Å². The van der Waals surface area contributed by atoms with Crippen LogP contribution >= 0.6 is 23.8 Å². The van der Waals surface area contributed by atoms with Crippen LogP contribution in [0.1, 0.15) is 5.56 Å². The molecule has 0 bridgehead atoms. The second kappa shape index (κ2) is 4.67. The van der Waals surface area contributed by atoms with Crippen LogP contribution < -0.4 is 0 Å². The third-order valence-electron chi connectivity index (χ3n) is 2.87. The monoisotopic (exact) mass is 339 g/mol. The average molecular weight is 339 g/mol. The van der Waals surface area contributed by atoms with Crippen molar-refractivity contribution in [1.82, 2.24) is 3.56 Å². The normalized spacial score (nSPS) is 11.0. The quantitative estimate of drug-likeness (QED) is 0.471. The molecule has 18 heavy (non-hydrogen) atoms. The molecule has 0 aliphatic carbocycles.